The van der Waals surface area contributed by atoms with Crippen molar-refractivity contribution < 1.29 is 14.3 Å². The highest BCUT2D eigenvalue weighted by atomic mass is 16.5. The molecule has 6 aliphatic rings. The van der Waals surface area contributed by atoms with Crippen LogP contribution in [0, 0.1) is 47.8 Å². The second-order valence-electron chi connectivity index (χ2n) is 14.5. The first-order valence-electron chi connectivity index (χ1n) is 15.7. The van der Waals surface area contributed by atoms with Crippen molar-refractivity contribution in [1.82, 2.24) is 20.3 Å². The third-order valence-corrected chi connectivity index (χ3v) is 12.6. The lowest BCUT2D eigenvalue weighted by Crippen LogP contribution is -2.48. The van der Waals surface area contributed by atoms with Crippen LogP contribution >= 0.6 is 0 Å². The van der Waals surface area contributed by atoms with Crippen LogP contribution in [0.2, 0.25) is 0 Å². The maximum absolute atomic E-state index is 8.12. The van der Waals surface area contributed by atoms with Crippen LogP contribution in [0.25, 0.3) is 0 Å². The Morgan fingerprint density at radius 3 is 2.64 bits per heavy atom. The van der Waals surface area contributed by atoms with Gasteiger partial charge in [-0.25, -0.2) is 4.68 Å². The lowest BCUT2D eigenvalue weighted by Gasteiger charge is -2.54. The van der Waals surface area contributed by atoms with Gasteiger partial charge in [0.15, 0.2) is 0 Å². The summed E-state index contributed by atoms with van der Waals surface area (Å²) >= 11 is 0. The van der Waals surface area contributed by atoms with Crippen LogP contribution in [0.1, 0.15) is 104 Å². The highest BCUT2D eigenvalue weighted by Gasteiger charge is 2.59. The fourth-order valence-electron chi connectivity index (χ4n) is 10.6. The van der Waals surface area contributed by atoms with Crippen LogP contribution in [0.3, 0.4) is 0 Å². The molecule has 1 N–H and O–H groups in total. The van der Waals surface area contributed by atoms with Crippen LogP contribution in [0.15, 0.2) is 17.3 Å². The van der Waals surface area contributed by atoms with E-state index in [9.17, 15) is 0 Å². The van der Waals surface area contributed by atoms with Gasteiger partial charge in [0, 0.05) is 18.2 Å². The summed E-state index contributed by atoms with van der Waals surface area (Å²) < 4.78 is 9.26. The maximum Gasteiger partial charge on any atom is 0.373 e. The molecule has 4 aliphatic carbocycles. The number of piperidine rings is 1. The number of fused-ring (bicyclic) bond motifs is 6. The van der Waals surface area contributed by atoms with Gasteiger partial charge in [-0.1, -0.05) is 37.1 Å². The minimum Gasteiger partial charge on any atom is -0.369 e. The van der Waals surface area contributed by atoms with E-state index in [4.69, 9.17) is 14.3 Å². The molecule has 0 aromatic carbocycles. The van der Waals surface area contributed by atoms with Crippen molar-refractivity contribution in [1.29, 1.82) is 0 Å². The molecule has 214 valence electrons. The van der Waals surface area contributed by atoms with Crippen LogP contribution in [0.5, 0.6) is 0 Å². The van der Waals surface area contributed by atoms with E-state index in [1.165, 1.54) is 64.2 Å². The van der Waals surface area contributed by atoms with Gasteiger partial charge in [0.1, 0.15) is 0 Å². The largest absolute Gasteiger partial charge is 0.373 e. The Kier molecular flexibility index (Phi) is 7.17. The highest BCUT2D eigenvalue weighted by molar-refractivity contribution is 5.29. The fraction of sp³-hybridized carbons (Fsp3) is 0.844. The van der Waals surface area contributed by atoms with Gasteiger partial charge in [-0.15, -0.1) is 5.10 Å². The molecule has 7 rings (SSSR count). The molecular weight excluding hydrogens is 488 g/mol. The number of hydrogen-bond acceptors (Lipinski definition) is 6. The molecule has 11 atom stereocenters. The molecule has 0 radical (unpaired) electrons. The van der Waals surface area contributed by atoms with Crippen molar-refractivity contribution in [3.63, 3.8) is 0 Å². The number of hydrogen-bond donors (Lipinski definition) is 1. The summed E-state index contributed by atoms with van der Waals surface area (Å²) in [7, 11) is 0. The Morgan fingerprint density at radius 1 is 1.10 bits per heavy atom. The third kappa shape index (κ3) is 4.48. The topological polar surface area (TPSA) is 86.1 Å². The van der Waals surface area contributed by atoms with E-state index in [0.717, 1.165) is 41.8 Å². The van der Waals surface area contributed by atoms with E-state index in [1.807, 2.05) is 5.57 Å². The molecule has 2 saturated heterocycles. The van der Waals surface area contributed by atoms with Crippen LogP contribution < -0.4 is 5.32 Å². The van der Waals surface area contributed by atoms with Crippen molar-refractivity contribution in [3.05, 3.63) is 23.0 Å². The molecule has 1 spiro atoms. The molecule has 1 aromatic heterocycles. The minimum absolute atomic E-state index is 0.0679. The predicted octanol–water partition coefficient (Wildman–Crippen LogP) is 5.67. The van der Waals surface area contributed by atoms with Gasteiger partial charge in [0.05, 0.1) is 23.4 Å². The summed E-state index contributed by atoms with van der Waals surface area (Å²) in [4.78, 5) is 16.2. The number of nitrogens with one attached hydrogen (secondary N) is 1. The van der Waals surface area contributed by atoms with Crippen LogP contribution in [-0.2, 0) is 14.3 Å². The molecule has 0 unspecified atom stereocenters. The SMILES string of the molecule is CC1=C2C[C@H]3[C@@H](CC[C@@H]4C[C@@H](n5cc(C)nn5)CC[C@@]43C)[C@@H]2CC[C@@]2(C1)O[C@@H]1C[C@H](C)CN[C@H]1[C@H]2C.O=C=O. The summed E-state index contributed by atoms with van der Waals surface area (Å²) in [5.41, 5.74) is 5.19. The normalized spacial score (nSPS) is 46.7. The van der Waals surface area contributed by atoms with Crippen LogP contribution in [0.4, 0.5) is 0 Å². The Morgan fingerprint density at radius 2 is 1.90 bits per heavy atom. The monoisotopic (exact) mass is 536 g/mol. The average molecular weight is 537 g/mol. The van der Waals surface area contributed by atoms with Gasteiger partial charge in [-0.05, 0) is 120 Å². The minimum atomic E-state index is 0.0679. The first-order valence-corrected chi connectivity index (χ1v) is 15.7. The number of carbonyl (C=O) groups excluding carboxylic acids is 2. The third-order valence-electron chi connectivity index (χ3n) is 12.6. The summed E-state index contributed by atoms with van der Waals surface area (Å²) in [6.07, 6.45) is 16.0. The molecule has 5 fully saturated rings. The molecule has 7 nitrogen and oxygen atoms in total. The number of nitrogens with zero attached hydrogens (tertiary/aromatic N) is 3. The quantitative estimate of drug-likeness (QED) is 0.466. The van der Waals surface area contributed by atoms with E-state index < -0.39 is 0 Å². The van der Waals surface area contributed by atoms with Gasteiger partial charge in [-0.3, -0.25) is 0 Å². The van der Waals surface area contributed by atoms with E-state index in [-0.39, 0.29) is 11.8 Å². The second kappa shape index (κ2) is 10.2. The molecule has 2 aliphatic heterocycles. The fourth-order valence-corrected chi connectivity index (χ4v) is 10.6. The van der Waals surface area contributed by atoms with E-state index in [0.29, 0.717) is 29.5 Å². The number of allylic oxidation sites excluding steroid dienone is 1. The zero-order valence-electron chi connectivity index (χ0n) is 24.6. The molecular formula is C32H48N4O3. The molecule has 0 amide bonds. The van der Waals surface area contributed by atoms with Gasteiger partial charge in [0.2, 0.25) is 0 Å². The number of ether oxygens (including phenoxy) is 1. The summed E-state index contributed by atoms with van der Waals surface area (Å²) in [6.45, 7) is 13.3. The Balaban J connectivity index is 0.000000883. The molecule has 0 bridgehead atoms. The summed E-state index contributed by atoms with van der Waals surface area (Å²) in [5, 5.41) is 12.6. The van der Waals surface area contributed by atoms with Crippen molar-refractivity contribution in [2.24, 2.45) is 40.9 Å². The Bertz CT molecular complexity index is 1140. The van der Waals surface area contributed by atoms with Gasteiger partial charge >= 0.3 is 6.15 Å². The van der Waals surface area contributed by atoms with Gasteiger partial charge in [-0.2, -0.15) is 9.59 Å². The van der Waals surface area contributed by atoms with Crippen molar-refractivity contribution >= 4 is 6.15 Å². The standard InChI is InChI=1S/C31H48N4O.CO2/c1-18-12-28-29(32-16-18)21(4)31(36-28)11-9-24-25-7-6-22-13-23(35-17-20(3)33-34-35)8-10-30(22,5)27(25)14-26(24)19(2)15-31;2-1-3/h17-18,21-25,27-29,32H,6-16H2,1-5H3;/t18-,21+,22+,23-,24-,25-,27-,28+,29-,30-,31-;/m0./s1. The number of rotatable bonds is 1. The summed E-state index contributed by atoms with van der Waals surface area (Å²) in [5.74, 6) is 4.78. The van der Waals surface area contributed by atoms with Crippen molar-refractivity contribution in [2.75, 3.05) is 6.54 Å². The average Bonchev–Trinajstić information content (AvgIpc) is 3.55. The van der Waals surface area contributed by atoms with Crippen molar-refractivity contribution in [2.45, 2.75) is 123 Å². The smallest absolute Gasteiger partial charge is 0.369 e. The highest BCUT2D eigenvalue weighted by Crippen LogP contribution is 2.66. The Labute approximate surface area is 233 Å². The first kappa shape index (κ1) is 27.4. The second-order valence-corrected chi connectivity index (χ2v) is 14.5. The molecule has 3 heterocycles. The maximum atomic E-state index is 8.12. The van der Waals surface area contributed by atoms with E-state index in [1.54, 1.807) is 5.57 Å². The molecule has 39 heavy (non-hydrogen) atoms. The number of aryl methyl sites for hydroxylation is 1. The molecule has 1 aromatic rings. The van der Waals surface area contributed by atoms with E-state index >= 15 is 0 Å². The van der Waals surface area contributed by atoms with Crippen molar-refractivity contribution in [3.8, 4) is 0 Å². The number of aromatic nitrogens is 3. The Hall–Kier alpha value is -1.82. The summed E-state index contributed by atoms with van der Waals surface area (Å²) in [6, 6.07) is 1.11. The lowest BCUT2D eigenvalue weighted by molar-refractivity contribution is -0.191. The zero-order chi connectivity index (χ0) is 27.5. The predicted molar refractivity (Wildman–Crippen MR) is 147 cm³/mol. The molecule has 7 heteroatoms. The first-order chi connectivity index (χ1) is 18.7. The molecule has 3 saturated carbocycles. The van der Waals surface area contributed by atoms with Crippen LogP contribution in [-0.4, -0.2) is 45.4 Å². The van der Waals surface area contributed by atoms with E-state index in [2.05, 4.69) is 61.1 Å². The van der Waals surface area contributed by atoms with Gasteiger partial charge in [0.25, 0.3) is 0 Å². The van der Waals surface area contributed by atoms with Gasteiger partial charge < -0.3 is 10.1 Å². The zero-order valence-corrected chi connectivity index (χ0v) is 24.6. The lowest BCUT2D eigenvalue weighted by atomic mass is 9.52.